The van der Waals surface area contributed by atoms with Crippen LogP contribution in [-0.4, -0.2) is 51.3 Å². The van der Waals surface area contributed by atoms with Crippen LogP contribution in [-0.2, 0) is 30.9 Å². The summed E-state index contributed by atoms with van der Waals surface area (Å²) in [4.78, 5) is 15.3. The van der Waals surface area contributed by atoms with Gasteiger partial charge < -0.3 is 14.6 Å². The number of carbonyl (C=O) groups is 1. The predicted molar refractivity (Wildman–Crippen MR) is 120 cm³/mol. The van der Waals surface area contributed by atoms with E-state index in [1.54, 1.807) is 0 Å². The van der Waals surface area contributed by atoms with Crippen LogP contribution in [0.3, 0.4) is 0 Å². The van der Waals surface area contributed by atoms with Gasteiger partial charge in [-0.1, -0.05) is 38.1 Å². The van der Waals surface area contributed by atoms with Gasteiger partial charge in [0.25, 0.3) is 5.91 Å². The number of aromatic nitrogens is 3. The maximum absolute atomic E-state index is 12.7. The Morgan fingerprint density at radius 1 is 1.16 bits per heavy atom. The zero-order valence-electron chi connectivity index (χ0n) is 19.1. The average molecular weight is 426 g/mol. The van der Waals surface area contributed by atoms with E-state index in [1.807, 2.05) is 11.5 Å². The number of hydrogen-bond acceptors (Lipinski definition) is 5. The number of piperidine rings is 1. The summed E-state index contributed by atoms with van der Waals surface area (Å²) < 4.78 is 8.02. The fourth-order valence-electron chi connectivity index (χ4n) is 4.53. The third-order valence-electron chi connectivity index (χ3n) is 6.91. The minimum Gasteiger partial charge on any atom is -0.373 e. The van der Waals surface area contributed by atoms with E-state index in [0.717, 1.165) is 57.7 Å². The second-order valence-electron chi connectivity index (χ2n) is 9.25. The van der Waals surface area contributed by atoms with Gasteiger partial charge >= 0.3 is 0 Å². The molecule has 1 aromatic heterocycles. The van der Waals surface area contributed by atoms with E-state index in [2.05, 4.69) is 58.5 Å². The Hall–Kier alpha value is -2.25. The number of likely N-dealkylation sites (tertiary alicyclic amines) is 1. The molecule has 31 heavy (non-hydrogen) atoms. The molecule has 7 nitrogen and oxygen atoms in total. The second kappa shape index (κ2) is 9.49. The number of amides is 1. The highest BCUT2D eigenvalue weighted by atomic mass is 16.5. The Morgan fingerprint density at radius 3 is 2.55 bits per heavy atom. The molecule has 2 aromatic rings. The molecule has 1 fully saturated rings. The molecule has 2 aliphatic heterocycles. The van der Waals surface area contributed by atoms with Crippen LogP contribution in [0.4, 0.5) is 0 Å². The lowest BCUT2D eigenvalue weighted by atomic mass is 9.78. The van der Waals surface area contributed by atoms with Gasteiger partial charge in [-0.05, 0) is 56.8 Å². The molecule has 1 spiro atoms. The zero-order valence-corrected chi connectivity index (χ0v) is 19.1. The van der Waals surface area contributed by atoms with E-state index < -0.39 is 0 Å². The first-order valence-electron chi connectivity index (χ1n) is 11.6. The molecule has 1 aromatic carbocycles. The first-order valence-corrected chi connectivity index (χ1v) is 11.6. The van der Waals surface area contributed by atoms with Gasteiger partial charge in [0.1, 0.15) is 6.61 Å². The van der Waals surface area contributed by atoms with E-state index in [9.17, 15) is 4.79 Å². The lowest BCUT2D eigenvalue weighted by Gasteiger charge is -2.41. The number of hydrogen-bond donors (Lipinski definition) is 1. The third-order valence-corrected chi connectivity index (χ3v) is 6.91. The van der Waals surface area contributed by atoms with Crippen molar-refractivity contribution in [1.29, 1.82) is 0 Å². The van der Waals surface area contributed by atoms with Gasteiger partial charge in [0.05, 0.1) is 6.61 Å². The fourth-order valence-corrected chi connectivity index (χ4v) is 4.53. The first kappa shape index (κ1) is 22.0. The number of carbonyl (C=O) groups excluding carboxylic acids is 1. The molecule has 0 unspecified atom stereocenters. The molecule has 0 saturated carbocycles. The molecule has 1 atom stereocenters. The molecule has 1 N–H and O–H groups in total. The number of rotatable bonds is 6. The fraction of sp³-hybridized carbons (Fsp3) is 0.625. The van der Waals surface area contributed by atoms with Crippen LogP contribution in [0.1, 0.15) is 67.6 Å². The number of ether oxygens (including phenoxy) is 1. The van der Waals surface area contributed by atoms with Crippen LogP contribution in [0.5, 0.6) is 0 Å². The Balaban J connectivity index is 1.42. The van der Waals surface area contributed by atoms with Crippen molar-refractivity contribution in [2.45, 2.75) is 72.2 Å². The van der Waals surface area contributed by atoms with Crippen LogP contribution in [0, 0.1) is 5.41 Å². The summed E-state index contributed by atoms with van der Waals surface area (Å²) in [7, 11) is 0. The standard InChI is InChI=1S/C24H35N5O2/c1-4-18(3)25-23(30)22-27-26-21-15-31-17-24(16-29(21)22)10-12-28(13-11-24)14-20-8-6-19(5-2)7-9-20/h6-9,18H,4-5,10-17H2,1-3H3,(H,25,30)/t18-/m0/s1. The molecule has 2 aliphatic rings. The lowest BCUT2D eigenvalue weighted by Crippen LogP contribution is -2.44. The van der Waals surface area contributed by atoms with Crippen molar-refractivity contribution in [3.05, 3.63) is 47.0 Å². The highest BCUT2D eigenvalue weighted by Gasteiger charge is 2.39. The average Bonchev–Trinajstić information content (AvgIpc) is 3.09. The normalized spacial score (nSPS) is 19.6. The highest BCUT2D eigenvalue weighted by molar-refractivity contribution is 5.90. The molecule has 4 rings (SSSR count). The first-order chi connectivity index (χ1) is 15.0. The summed E-state index contributed by atoms with van der Waals surface area (Å²) in [5.74, 6) is 1.03. The Kier molecular flexibility index (Phi) is 6.72. The molecule has 0 bridgehead atoms. The number of nitrogens with one attached hydrogen (secondary N) is 1. The molecular formula is C24H35N5O2. The van der Waals surface area contributed by atoms with Gasteiger partial charge in [0.2, 0.25) is 5.82 Å². The van der Waals surface area contributed by atoms with E-state index in [0.29, 0.717) is 19.0 Å². The SMILES string of the molecule is CCc1ccc(CN2CCC3(CC2)COCc2nnc(C(=O)N[C@@H](C)CC)n2C3)cc1. The molecule has 0 aliphatic carbocycles. The summed E-state index contributed by atoms with van der Waals surface area (Å²) in [6, 6.07) is 9.09. The molecular weight excluding hydrogens is 390 g/mol. The molecule has 7 heteroatoms. The third kappa shape index (κ3) is 4.99. The number of fused-ring (bicyclic) bond motifs is 1. The quantitative estimate of drug-likeness (QED) is 0.770. The largest absolute Gasteiger partial charge is 0.373 e. The van der Waals surface area contributed by atoms with Gasteiger partial charge in [0.15, 0.2) is 5.82 Å². The zero-order chi connectivity index (χ0) is 21.8. The monoisotopic (exact) mass is 425 g/mol. The summed E-state index contributed by atoms with van der Waals surface area (Å²) in [5.41, 5.74) is 2.78. The van der Waals surface area contributed by atoms with Crippen molar-refractivity contribution in [1.82, 2.24) is 25.0 Å². The van der Waals surface area contributed by atoms with Crippen LogP contribution >= 0.6 is 0 Å². The smallest absolute Gasteiger partial charge is 0.289 e. The summed E-state index contributed by atoms with van der Waals surface area (Å²) >= 11 is 0. The van der Waals surface area contributed by atoms with Crippen LogP contribution < -0.4 is 5.32 Å². The van der Waals surface area contributed by atoms with Crippen LogP contribution in [0.25, 0.3) is 0 Å². The van der Waals surface area contributed by atoms with Crippen molar-refractivity contribution >= 4 is 5.91 Å². The summed E-state index contributed by atoms with van der Waals surface area (Å²) in [6.07, 6.45) is 4.06. The summed E-state index contributed by atoms with van der Waals surface area (Å²) in [6.45, 7) is 11.2. The number of benzene rings is 1. The van der Waals surface area contributed by atoms with Gasteiger partial charge in [-0.2, -0.15) is 0 Å². The van der Waals surface area contributed by atoms with Gasteiger partial charge in [-0.15, -0.1) is 10.2 Å². The minimum absolute atomic E-state index is 0.0294. The van der Waals surface area contributed by atoms with Crippen LogP contribution in [0.15, 0.2) is 24.3 Å². The molecule has 3 heterocycles. The molecule has 1 amide bonds. The number of nitrogens with zero attached hydrogens (tertiary/aromatic N) is 4. The van der Waals surface area contributed by atoms with Gasteiger partial charge in [0, 0.05) is 24.5 Å². The van der Waals surface area contributed by atoms with Gasteiger partial charge in [-0.3, -0.25) is 9.69 Å². The maximum Gasteiger partial charge on any atom is 0.289 e. The Morgan fingerprint density at radius 2 is 1.87 bits per heavy atom. The van der Waals surface area contributed by atoms with E-state index in [-0.39, 0.29) is 17.4 Å². The van der Waals surface area contributed by atoms with E-state index in [1.165, 1.54) is 11.1 Å². The van der Waals surface area contributed by atoms with Crippen molar-refractivity contribution < 1.29 is 9.53 Å². The highest BCUT2D eigenvalue weighted by Crippen LogP contribution is 2.36. The molecule has 0 radical (unpaired) electrons. The van der Waals surface area contributed by atoms with Gasteiger partial charge in [-0.25, -0.2) is 0 Å². The second-order valence-corrected chi connectivity index (χ2v) is 9.25. The van der Waals surface area contributed by atoms with Crippen molar-refractivity contribution in [2.75, 3.05) is 19.7 Å². The topological polar surface area (TPSA) is 72.3 Å². The molecule has 1 saturated heterocycles. The van der Waals surface area contributed by atoms with E-state index in [4.69, 9.17) is 4.74 Å². The van der Waals surface area contributed by atoms with Crippen molar-refractivity contribution in [2.24, 2.45) is 5.41 Å². The molecule has 168 valence electrons. The predicted octanol–water partition coefficient (Wildman–Crippen LogP) is 3.18. The van der Waals surface area contributed by atoms with E-state index >= 15 is 0 Å². The van der Waals surface area contributed by atoms with Crippen molar-refractivity contribution in [3.8, 4) is 0 Å². The van der Waals surface area contributed by atoms with Crippen molar-refractivity contribution in [3.63, 3.8) is 0 Å². The Labute approximate surface area is 185 Å². The minimum atomic E-state index is -0.141. The summed E-state index contributed by atoms with van der Waals surface area (Å²) in [5, 5.41) is 11.5. The Bertz CT molecular complexity index is 884. The lowest BCUT2D eigenvalue weighted by molar-refractivity contribution is -0.00570. The maximum atomic E-state index is 12.7. The number of aryl methyl sites for hydroxylation is 1. The van der Waals surface area contributed by atoms with Crippen LogP contribution in [0.2, 0.25) is 0 Å².